The maximum Gasteiger partial charge on any atom is 0.316 e. The van der Waals surface area contributed by atoms with Crippen molar-refractivity contribution in [3.05, 3.63) is 58.1 Å². The van der Waals surface area contributed by atoms with Crippen LogP contribution in [0.3, 0.4) is 0 Å². The van der Waals surface area contributed by atoms with E-state index in [1.54, 1.807) is 11.8 Å². The summed E-state index contributed by atoms with van der Waals surface area (Å²) in [6, 6.07) is 14.1. The largest absolute Gasteiger partial charge is 0.489 e. The second-order valence-electron chi connectivity index (χ2n) is 10.1. The highest BCUT2D eigenvalue weighted by Gasteiger charge is 2.26. The Morgan fingerprint density at radius 2 is 2.03 bits per heavy atom. The lowest BCUT2D eigenvalue weighted by molar-refractivity contribution is -0.143. The summed E-state index contributed by atoms with van der Waals surface area (Å²) in [5, 5.41) is 0. The maximum atomic E-state index is 12.5. The first-order valence-electron chi connectivity index (χ1n) is 12.2. The van der Waals surface area contributed by atoms with E-state index in [2.05, 4.69) is 33.0 Å². The first kappa shape index (κ1) is 26.2. The number of allylic oxidation sites excluding steroid dienone is 1. The normalized spacial score (nSPS) is 18.8. The van der Waals surface area contributed by atoms with Crippen molar-refractivity contribution >= 4 is 39.2 Å². The van der Waals surface area contributed by atoms with Crippen LogP contribution in [0.2, 0.25) is 0 Å². The number of ether oxygens (including phenoxy) is 2. The second-order valence-corrected chi connectivity index (χ2v) is 12.2. The van der Waals surface area contributed by atoms with Gasteiger partial charge in [0.05, 0.1) is 12.1 Å². The van der Waals surface area contributed by atoms with E-state index in [1.165, 1.54) is 0 Å². The number of thioether (sulfide) groups is 1. The van der Waals surface area contributed by atoms with Crippen molar-refractivity contribution in [2.45, 2.75) is 51.0 Å². The number of alkyl halides is 1. The fraction of sp³-hybridized carbons (Fsp3) is 0.464. The standard InChI is InChI=1S/C28H33BrFNO3S/c1-28(2,3)27(32)34-21-8-9-23-25(17-21)35-15-11-24(29)26(23)19-6-4-7-20(16-19)33-22-10-14-31(18-22)13-5-12-30/h4,6-9,16-17,22H,5,10-15,18H2,1-3H3/t22-/m1/s1. The van der Waals surface area contributed by atoms with Gasteiger partial charge in [-0.1, -0.05) is 28.1 Å². The van der Waals surface area contributed by atoms with Gasteiger partial charge < -0.3 is 9.47 Å². The predicted octanol–water partition coefficient (Wildman–Crippen LogP) is 7.10. The molecule has 2 aliphatic heterocycles. The molecule has 0 amide bonds. The number of carbonyl (C=O) groups excluding carboxylic acids is 1. The van der Waals surface area contributed by atoms with Crippen LogP contribution in [0, 0.1) is 5.41 Å². The topological polar surface area (TPSA) is 38.8 Å². The molecule has 0 saturated carbocycles. The Labute approximate surface area is 220 Å². The van der Waals surface area contributed by atoms with E-state index in [0.29, 0.717) is 12.2 Å². The van der Waals surface area contributed by atoms with Gasteiger partial charge in [0.25, 0.3) is 0 Å². The molecule has 35 heavy (non-hydrogen) atoms. The summed E-state index contributed by atoms with van der Waals surface area (Å²) in [7, 11) is 0. The molecule has 0 unspecified atom stereocenters. The molecule has 4 nitrogen and oxygen atoms in total. The number of nitrogens with zero attached hydrogens (tertiary/aromatic N) is 1. The summed E-state index contributed by atoms with van der Waals surface area (Å²) < 4.78 is 25.7. The molecule has 1 fully saturated rings. The average molecular weight is 563 g/mol. The molecule has 7 heteroatoms. The van der Waals surface area contributed by atoms with Crippen LogP contribution in [0.5, 0.6) is 11.5 Å². The lowest BCUT2D eigenvalue weighted by Gasteiger charge is -2.19. The Morgan fingerprint density at radius 1 is 1.20 bits per heavy atom. The molecule has 0 bridgehead atoms. The average Bonchev–Trinajstić information content (AvgIpc) is 3.18. The summed E-state index contributed by atoms with van der Waals surface area (Å²) in [4.78, 5) is 15.8. The number of halogens is 2. The molecule has 2 heterocycles. The monoisotopic (exact) mass is 561 g/mol. The molecule has 0 N–H and O–H groups in total. The lowest BCUT2D eigenvalue weighted by atomic mass is 9.96. The lowest BCUT2D eigenvalue weighted by Crippen LogP contribution is -2.26. The van der Waals surface area contributed by atoms with Crippen molar-refractivity contribution in [2.75, 3.05) is 32.1 Å². The first-order valence-corrected chi connectivity index (χ1v) is 14.0. The summed E-state index contributed by atoms with van der Waals surface area (Å²) >= 11 is 5.61. The molecule has 0 radical (unpaired) electrons. The van der Waals surface area contributed by atoms with Gasteiger partial charge in [0.1, 0.15) is 17.6 Å². The number of rotatable bonds is 7. The zero-order chi connectivity index (χ0) is 25.0. The minimum Gasteiger partial charge on any atom is -0.489 e. The summed E-state index contributed by atoms with van der Waals surface area (Å²) in [5.74, 6) is 2.11. The highest BCUT2D eigenvalue weighted by molar-refractivity contribution is 9.11. The van der Waals surface area contributed by atoms with E-state index in [-0.39, 0.29) is 18.7 Å². The van der Waals surface area contributed by atoms with Gasteiger partial charge in [-0.3, -0.25) is 14.1 Å². The molecule has 0 spiro atoms. The highest BCUT2D eigenvalue weighted by Crippen LogP contribution is 2.43. The molecular formula is C28H33BrFNO3S. The van der Waals surface area contributed by atoms with E-state index in [9.17, 15) is 9.18 Å². The number of hydrogen-bond acceptors (Lipinski definition) is 5. The summed E-state index contributed by atoms with van der Waals surface area (Å²) in [6.07, 6.45) is 2.57. The SMILES string of the molecule is CC(C)(C)C(=O)Oc1ccc2c(c1)SCCC(Br)=C2c1cccc(O[C@@H]2CCN(CCCF)C2)c1. The van der Waals surface area contributed by atoms with Crippen LogP contribution in [-0.2, 0) is 4.79 Å². The van der Waals surface area contributed by atoms with Crippen molar-refractivity contribution in [1.29, 1.82) is 0 Å². The summed E-state index contributed by atoms with van der Waals surface area (Å²) in [6.45, 7) is 7.88. The zero-order valence-corrected chi connectivity index (χ0v) is 23.0. The van der Waals surface area contributed by atoms with Crippen molar-refractivity contribution in [3.63, 3.8) is 0 Å². The number of likely N-dealkylation sites (tertiary alicyclic amines) is 1. The number of benzene rings is 2. The van der Waals surface area contributed by atoms with E-state index in [1.807, 2.05) is 51.1 Å². The minimum absolute atomic E-state index is 0.124. The molecule has 4 rings (SSSR count). The Kier molecular flexibility index (Phi) is 8.61. The van der Waals surface area contributed by atoms with Gasteiger partial charge in [0.15, 0.2) is 0 Å². The van der Waals surface area contributed by atoms with Crippen LogP contribution in [0.25, 0.3) is 5.57 Å². The number of hydrogen-bond donors (Lipinski definition) is 0. The van der Waals surface area contributed by atoms with E-state index in [4.69, 9.17) is 9.47 Å². The van der Waals surface area contributed by atoms with Crippen LogP contribution in [-0.4, -0.2) is 49.0 Å². The molecule has 188 valence electrons. The van der Waals surface area contributed by atoms with Gasteiger partial charge in [0, 0.05) is 40.3 Å². The van der Waals surface area contributed by atoms with Crippen molar-refractivity contribution in [3.8, 4) is 11.5 Å². The first-order chi connectivity index (χ1) is 16.7. The fourth-order valence-electron chi connectivity index (χ4n) is 4.28. The molecule has 0 aliphatic carbocycles. The maximum absolute atomic E-state index is 12.5. The molecule has 2 aromatic carbocycles. The van der Waals surface area contributed by atoms with Gasteiger partial charge in [-0.2, -0.15) is 0 Å². The predicted molar refractivity (Wildman–Crippen MR) is 144 cm³/mol. The minimum atomic E-state index is -0.557. The number of fused-ring (bicyclic) bond motifs is 1. The smallest absolute Gasteiger partial charge is 0.316 e. The van der Waals surface area contributed by atoms with Gasteiger partial charge >= 0.3 is 5.97 Å². The molecule has 2 aliphatic rings. The Hall–Kier alpha value is -1.83. The van der Waals surface area contributed by atoms with Crippen LogP contribution in [0.1, 0.15) is 51.2 Å². The Balaban J connectivity index is 1.55. The van der Waals surface area contributed by atoms with Gasteiger partial charge in [-0.05, 0) is 81.5 Å². The van der Waals surface area contributed by atoms with Crippen molar-refractivity contribution in [1.82, 2.24) is 4.90 Å². The van der Waals surface area contributed by atoms with Gasteiger partial charge in [-0.25, -0.2) is 0 Å². The summed E-state index contributed by atoms with van der Waals surface area (Å²) in [5.41, 5.74) is 2.79. The highest BCUT2D eigenvalue weighted by atomic mass is 79.9. The third kappa shape index (κ3) is 6.69. The van der Waals surface area contributed by atoms with Gasteiger partial charge in [0.2, 0.25) is 0 Å². The Morgan fingerprint density at radius 3 is 2.80 bits per heavy atom. The molecule has 2 aromatic rings. The second kappa shape index (κ2) is 11.5. The number of esters is 1. The molecular weight excluding hydrogens is 529 g/mol. The fourth-order valence-corrected chi connectivity index (χ4v) is 6.24. The van der Waals surface area contributed by atoms with Crippen molar-refractivity contribution < 1.29 is 18.7 Å². The number of carbonyl (C=O) groups is 1. The quantitative estimate of drug-likeness (QED) is 0.266. The van der Waals surface area contributed by atoms with E-state index >= 15 is 0 Å². The Bertz CT molecular complexity index is 1100. The third-order valence-corrected chi connectivity index (χ3v) is 8.01. The van der Waals surface area contributed by atoms with Crippen molar-refractivity contribution in [2.24, 2.45) is 5.41 Å². The van der Waals surface area contributed by atoms with Crippen LogP contribution >= 0.6 is 27.7 Å². The zero-order valence-electron chi connectivity index (χ0n) is 20.6. The van der Waals surface area contributed by atoms with Gasteiger partial charge in [-0.15, -0.1) is 11.8 Å². The van der Waals surface area contributed by atoms with Crippen LogP contribution in [0.15, 0.2) is 51.8 Å². The van der Waals surface area contributed by atoms with Crippen LogP contribution < -0.4 is 9.47 Å². The van der Waals surface area contributed by atoms with Crippen LogP contribution in [0.4, 0.5) is 4.39 Å². The van der Waals surface area contributed by atoms with E-state index in [0.717, 1.165) is 70.1 Å². The molecule has 1 atom stereocenters. The van der Waals surface area contributed by atoms with E-state index < -0.39 is 5.41 Å². The third-order valence-electron chi connectivity index (χ3n) is 6.16. The molecule has 0 aromatic heterocycles. The molecule has 1 saturated heterocycles.